The van der Waals surface area contributed by atoms with E-state index in [1.54, 1.807) is 24.3 Å². The molecule has 2 N–H and O–H groups in total. The van der Waals surface area contributed by atoms with Crippen LogP contribution in [-0.2, 0) is 9.84 Å². The second-order valence-electron chi connectivity index (χ2n) is 4.21. The first-order valence-corrected chi connectivity index (χ1v) is 7.57. The van der Waals surface area contributed by atoms with Gasteiger partial charge < -0.3 is 10.5 Å². The van der Waals surface area contributed by atoms with Crippen molar-refractivity contribution in [3.63, 3.8) is 0 Å². The summed E-state index contributed by atoms with van der Waals surface area (Å²) < 4.78 is 28.2. The van der Waals surface area contributed by atoms with Gasteiger partial charge in [0.15, 0.2) is 9.84 Å². The van der Waals surface area contributed by atoms with E-state index in [0.29, 0.717) is 22.7 Å². The van der Waals surface area contributed by atoms with Crippen molar-refractivity contribution >= 4 is 15.5 Å². The molecule has 0 bridgehead atoms. The molecule has 6 heteroatoms. The third-order valence-electron chi connectivity index (χ3n) is 2.62. The summed E-state index contributed by atoms with van der Waals surface area (Å²) in [6.07, 6.45) is 1.14. The van der Waals surface area contributed by atoms with Gasteiger partial charge in [0.25, 0.3) is 0 Å². The van der Waals surface area contributed by atoms with E-state index >= 15 is 0 Å². The lowest BCUT2D eigenvalue weighted by Gasteiger charge is -2.09. The SMILES string of the molecule is CS(=O)(=O)c1ccc(Oc2ccc(C#N)cc2N)cc1. The molecule has 0 aliphatic heterocycles. The van der Waals surface area contributed by atoms with E-state index in [1.807, 2.05) is 6.07 Å². The van der Waals surface area contributed by atoms with Crippen LogP contribution >= 0.6 is 0 Å². The fraction of sp³-hybridized carbons (Fsp3) is 0.0714. The number of nitriles is 1. The van der Waals surface area contributed by atoms with Gasteiger partial charge in [0.1, 0.15) is 11.5 Å². The molecular formula is C14H12N2O3S. The molecule has 2 rings (SSSR count). The summed E-state index contributed by atoms with van der Waals surface area (Å²) in [5.74, 6) is 0.880. The molecule has 0 radical (unpaired) electrons. The minimum Gasteiger partial charge on any atom is -0.455 e. The Kier molecular flexibility index (Phi) is 3.63. The van der Waals surface area contributed by atoms with Gasteiger partial charge in [-0.3, -0.25) is 0 Å². The maximum atomic E-state index is 11.3. The smallest absolute Gasteiger partial charge is 0.175 e. The molecule has 0 fully saturated rings. The van der Waals surface area contributed by atoms with Crippen LogP contribution in [0.2, 0.25) is 0 Å². The lowest BCUT2D eigenvalue weighted by molar-refractivity contribution is 0.484. The summed E-state index contributed by atoms with van der Waals surface area (Å²) in [4.78, 5) is 0.220. The average molecular weight is 288 g/mol. The Labute approximate surface area is 117 Å². The van der Waals surface area contributed by atoms with Crippen LogP contribution in [0.1, 0.15) is 5.56 Å². The molecule has 0 aromatic heterocycles. The van der Waals surface area contributed by atoms with Gasteiger partial charge >= 0.3 is 0 Å². The van der Waals surface area contributed by atoms with Crippen molar-refractivity contribution in [2.24, 2.45) is 0 Å². The first-order chi connectivity index (χ1) is 9.40. The van der Waals surface area contributed by atoms with Crippen molar-refractivity contribution in [2.75, 3.05) is 12.0 Å². The van der Waals surface area contributed by atoms with Crippen LogP contribution in [0, 0.1) is 11.3 Å². The van der Waals surface area contributed by atoms with Gasteiger partial charge in [0.2, 0.25) is 0 Å². The molecule has 0 saturated carbocycles. The Balaban J connectivity index is 2.25. The number of nitrogen functional groups attached to an aromatic ring is 1. The van der Waals surface area contributed by atoms with Gasteiger partial charge in [-0.15, -0.1) is 0 Å². The molecule has 5 nitrogen and oxygen atoms in total. The van der Waals surface area contributed by atoms with E-state index in [9.17, 15) is 8.42 Å². The van der Waals surface area contributed by atoms with Gasteiger partial charge in [-0.2, -0.15) is 5.26 Å². The Bertz CT molecular complexity index is 775. The number of rotatable bonds is 3. The molecular weight excluding hydrogens is 276 g/mol. The number of benzene rings is 2. The molecule has 0 amide bonds. The van der Waals surface area contributed by atoms with Gasteiger partial charge in [-0.1, -0.05) is 0 Å². The quantitative estimate of drug-likeness (QED) is 0.875. The first-order valence-electron chi connectivity index (χ1n) is 5.68. The fourth-order valence-corrected chi connectivity index (χ4v) is 2.22. The third-order valence-corrected chi connectivity index (χ3v) is 3.75. The van der Waals surface area contributed by atoms with Crippen LogP contribution < -0.4 is 10.5 Å². The minimum absolute atomic E-state index is 0.220. The van der Waals surface area contributed by atoms with E-state index in [4.69, 9.17) is 15.7 Å². The summed E-state index contributed by atoms with van der Waals surface area (Å²) in [7, 11) is -3.23. The van der Waals surface area contributed by atoms with Crippen molar-refractivity contribution in [3.8, 4) is 17.6 Å². The van der Waals surface area contributed by atoms with Gasteiger partial charge in [0, 0.05) is 6.26 Å². The first kappa shape index (κ1) is 13.9. The molecule has 0 unspecified atom stereocenters. The predicted molar refractivity (Wildman–Crippen MR) is 75.2 cm³/mol. The van der Waals surface area contributed by atoms with E-state index in [2.05, 4.69) is 0 Å². The normalized spacial score (nSPS) is 10.8. The van der Waals surface area contributed by atoms with Crippen molar-refractivity contribution in [3.05, 3.63) is 48.0 Å². The second kappa shape index (κ2) is 5.23. The largest absolute Gasteiger partial charge is 0.455 e. The lowest BCUT2D eigenvalue weighted by atomic mass is 10.2. The van der Waals surface area contributed by atoms with Crippen LogP contribution in [0.15, 0.2) is 47.4 Å². The highest BCUT2D eigenvalue weighted by atomic mass is 32.2. The Hall–Kier alpha value is -2.52. The molecule has 0 spiro atoms. The van der Waals surface area contributed by atoms with Gasteiger partial charge in [0.05, 0.1) is 22.2 Å². The lowest BCUT2D eigenvalue weighted by Crippen LogP contribution is -1.97. The minimum atomic E-state index is -3.23. The highest BCUT2D eigenvalue weighted by Gasteiger charge is 2.08. The van der Waals surface area contributed by atoms with E-state index < -0.39 is 9.84 Å². The van der Waals surface area contributed by atoms with Crippen LogP contribution in [-0.4, -0.2) is 14.7 Å². The molecule has 102 valence electrons. The van der Waals surface area contributed by atoms with Crippen molar-refractivity contribution in [2.45, 2.75) is 4.90 Å². The number of hydrogen-bond acceptors (Lipinski definition) is 5. The molecule has 0 aliphatic carbocycles. The molecule has 2 aromatic carbocycles. The predicted octanol–water partition coefficient (Wildman–Crippen LogP) is 2.34. The Morgan fingerprint density at radius 2 is 1.80 bits per heavy atom. The molecule has 0 atom stereocenters. The van der Waals surface area contributed by atoms with Crippen molar-refractivity contribution < 1.29 is 13.2 Å². The van der Waals surface area contributed by atoms with Gasteiger partial charge in [-0.25, -0.2) is 8.42 Å². The Morgan fingerprint density at radius 3 is 2.30 bits per heavy atom. The Morgan fingerprint density at radius 1 is 1.15 bits per heavy atom. The fourth-order valence-electron chi connectivity index (χ4n) is 1.59. The second-order valence-corrected chi connectivity index (χ2v) is 6.23. The summed E-state index contributed by atoms with van der Waals surface area (Å²) in [6, 6.07) is 12.7. The van der Waals surface area contributed by atoms with Crippen LogP contribution in [0.4, 0.5) is 5.69 Å². The molecule has 20 heavy (non-hydrogen) atoms. The molecule has 0 aliphatic rings. The highest BCUT2D eigenvalue weighted by molar-refractivity contribution is 7.90. The monoisotopic (exact) mass is 288 g/mol. The van der Waals surface area contributed by atoms with Gasteiger partial charge in [-0.05, 0) is 42.5 Å². The summed E-state index contributed by atoms with van der Waals surface area (Å²) in [6.45, 7) is 0. The highest BCUT2D eigenvalue weighted by Crippen LogP contribution is 2.28. The number of nitrogens with two attached hydrogens (primary N) is 1. The van der Waals surface area contributed by atoms with E-state index in [1.165, 1.54) is 18.2 Å². The number of anilines is 1. The summed E-state index contributed by atoms with van der Waals surface area (Å²) in [5.41, 5.74) is 6.56. The van der Waals surface area contributed by atoms with E-state index in [-0.39, 0.29) is 4.90 Å². The van der Waals surface area contributed by atoms with Crippen molar-refractivity contribution in [1.29, 1.82) is 5.26 Å². The van der Waals surface area contributed by atoms with Crippen LogP contribution in [0.3, 0.4) is 0 Å². The zero-order chi connectivity index (χ0) is 14.8. The number of hydrogen-bond donors (Lipinski definition) is 1. The van der Waals surface area contributed by atoms with E-state index in [0.717, 1.165) is 6.26 Å². The maximum absolute atomic E-state index is 11.3. The zero-order valence-electron chi connectivity index (χ0n) is 10.7. The molecule has 0 saturated heterocycles. The topological polar surface area (TPSA) is 93.2 Å². The van der Waals surface area contributed by atoms with Crippen LogP contribution in [0.5, 0.6) is 11.5 Å². The van der Waals surface area contributed by atoms with Crippen LogP contribution in [0.25, 0.3) is 0 Å². The molecule has 2 aromatic rings. The molecule has 0 heterocycles. The third kappa shape index (κ3) is 3.08. The maximum Gasteiger partial charge on any atom is 0.175 e. The summed E-state index contributed by atoms with van der Waals surface area (Å²) in [5, 5.41) is 8.75. The number of sulfone groups is 1. The zero-order valence-corrected chi connectivity index (χ0v) is 11.5. The number of ether oxygens (including phenoxy) is 1. The average Bonchev–Trinajstić information content (AvgIpc) is 2.40. The van der Waals surface area contributed by atoms with Crippen molar-refractivity contribution in [1.82, 2.24) is 0 Å². The number of nitrogens with zero attached hydrogens (tertiary/aromatic N) is 1. The standard InChI is InChI=1S/C14H12N2O3S/c1-20(17,18)12-5-3-11(4-6-12)19-14-7-2-10(9-15)8-13(14)16/h2-8H,16H2,1H3. The summed E-state index contributed by atoms with van der Waals surface area (Å²) >= 11 is 0.